The molecule has 31 heavy (non-hydrogen) atoms. The van der Waals surface area contributed by atoms with E-state index in [4.69, 9.17) is 15.2 Å². The number of carbonyl (C=O) groups is 2. The fraction of sp³-hybridized carbons (Fsp3) is 0.208. The lowest BCUT2D eigenvalue weighted by Crippen LogP contribution is -2.41. The Morgan fingerprint density at radius 2 is 1.81 bits per heavy atom. The molecule has 1 aromatic heterocycles. The maximum atomic E-state index is 13.3. The molecule has 4 rings (SSSR count). The summed E-state index contributed by atoms with van der Waals surface area (Å²) in [5, 5.41) is 0. The number of hydrogen-bond acceptors (Lipinski definition) is 6. The molecule has 0 spiro atoms. The van der Waals surface area contributed by atoms with Gasteiger partial charge in [0.05, 0.1) is 18.2 Å². The lowest BCUT2D eigenvalue weighted by atomic mass is 10.1. The first-order chi connectivity index (χ1) is 14.9. The zero-order valence-corrected chi connectivity index (χ0v) is 17.3. The molecule has 0 bridgehead atoms. The van der Waals surface area contributed by atoms with Crippen molar-refractivity contribution in [2.45, 2.75) is 32.6 Å². The largest absolute Gasteiger partial charge is 0.472 e. The number of nitrogens with two attached hydrogens (primary N) is 1. The van der Waals surface area contributed by atoms with Gasteiger partial charge in [-0.05, 0) is 43.7 Å². The minimum absolute atomic E-state index is 0.193. The second kappa shape index (κ2) is 8.47. The third-order valence-corrected chi connectivity index (χ3v) is 4.83. The molecule has 2 heterocycles. The number of carbonyl (C=O) groups excluding carboxylic acids is 2. The van der Waals surface area contributed by atoms with Gasteiger partial charge in [-0.25, -0.2) is 9.78 Å². The van der Waals surface area contributed by atoms with Crippen LogP contribution in [0.3, 0.4) is 0 Å². The number of pyridine rings is 1. The molecule has 0 saturated carbocycles. The molecule has 158 valence electrons. The second-order valence-electron chi connectivity index (χ2n) is 7.54. The zero-order valence-electron chi connectivity index (χ0n) is 17.3. The summed E-state index contributed by atoms with van der Waals surface area (Å²) in [5.41, 5.74) is 7.91. The summed E-state index contributed by atoms with van der Waals surface area (Å²) in [6.07, 6.45) is -0.972. The molecule has 7 nitrogen and oxygen atoms in total. The summed E-state index contributed by atoms with van der Waals surface area (Å²) in [4.78, 5) is 31.3. The Bertz CT molecular complexity index is 1100. The van der Waals surface area contributed by atoms with Gasteiger partial charge in [-0.2, -0.15) is 0 Å². The lowest BCUT2D eigenvalue weighted by Gasteiger charge is -2.33. The molecule has 0 fully saturated rings. The molecule has 2 N–H and O–H groups in total. The summed E-state index contributed by atoms with van der Waals surface area (Å²) in [5.74, 6) is 0.540. The van der Waals surface area contributed by atoms with Crippen LogP contribution in [-0.2, 0) is 16.1 Å². The number of fused-ring (bicyclic) bond motifs is 1. The fourth-order valence-corrected chi connectivity index (χ4v) is 3.36. The summed E-state index contributed by atoms with van der Waals surface area (Å²) >= 11 is 0. The average molecular weight is 417 g/mol. The maximum Gasteiger partial charge on any atom is 0.338 e. The summed E-state index contributed by atoms with van der Waals surface area (Å²) < 4.78 is 11.2. The van der Waals surface area contributed by atoms with E-state index in [1.807, 2.05) is 30.3 Å². The van der Waals surface area contributed by atoms with E-state index in [0.717, 1.165) is 11.1 Å². The smallest absolute Gasteiger partial charge is 0.338 e. The molecule has 1 aliphatic rings. The van der Waals surface area contributed by atoms with E-state index >= 15 is 0 Å². The van der Waals surface area contributed by atoms with Crippen LogP contribution in [0.25, 0.3) is 0 Å². The highest BCUT2D eigenvalue weighted by Crippen LogP contribution is 2.38. The number of anilines is 2. The van der Waals surface area contributed by atoms with Crippen LogP contribution in [0.15, 0.2) is 66.7 Å². The minimum Gasteiger partial charge on any atom is -0.472 e. The molecule has 1 aliphatic heterocycles. The number of benzene rings is 2. The van der Waals surface area contributed by atoms with Crippen molar-refractivity contribution >= 4 is 23.5 Å². The summed E-state index contributed by atoms with van der Waals surface area (Å²) in [6, 6.07) is 19.6. The van der Waals surface area contributed by atoms with E-state index in [9.17, 15) is 9.59 Å². The normalized spacial score (nSPS) is 15.4. The van der Waals surface area contributed by atoms with Crippen LogP contribution >= 0.6 is 0 Å². The van der Waals surface area contributed by atoms with Crippen LogP contribution in [0.1, 0.15) is 41.4 Å². The Morgan fingerprint density at radius 1 is 1.10 bits per heavy atom. The molecule has 0 radical (unpaired) electrons. The van der Waals surface area contributed by atoms with Crippen LogP contribution < -0.4 is 15.4 Å². The van der Waals surface area contributed by atoms with E-state index in [0.29, 0.717) is 22.9 Å². The standard InChI is InChI=1S/C24H23N3O4/c1-15(2)30-24(29)18-10-8-16(9-11-18)14-27-22-19(12-13-20(25)26-22)31-21(23(27)28)17-6-4-3-5-7-17/h3-13,15,21H,14H2,1-2H3,(H2,25,26). The molecule has 0 aliphatic carbocycles. The average Bonchev–Trinajstić information content (AvgIpc) is 2.76. The topological polar surface area (TPSA) is 94.8 Å². The molecule has 1 atom stereocenters. The van der Waals surface area contributed by atoms with Crippen molar-refractivity contribution in [2.24, 2.45) is 0 Å². The molecular weight excluding hydrogens is 394 g/mol. The molecular formula is C24H23N3O4. The van der Waals surface area contributed by atoms with Crippen molar-refractivity contribution in [2.75, 3.05) is 10.6 Å². The Hall–Kier alpha value is -3.87. The van der Waals surface area contributed by atoms with Crippen LogP contribution in [0.4, 0.5) is 11.6 Å². The zero-order chi connectivity index (χ0) is 22.0. The quantitative estimate of drug-likeness (QED) is 0.633. The number of esters is 1. The lowest BCUT2D eigenvalue weighted by molar-refractivity contribution is -0.126. The van der Waals surface area contributed by atoms with Crippen molar-refractivity contribution in [1.29, 1.82) is 0 Å². The van der Waals surface area contributed by atoms with Gasteiger partial charge in [0.1, 0.15) is 5.82 Å². The van der Waals surface area contributed by atoms with Crippen LogP contribution in [0, 0.1) is 0 Å². The predicted octanol–water partition coefficient (Wildman–Crippen LogP) is 3.90. The van der Waals surface area contributed by atoms with Gasteiger partial charge in [0, 0.05) is 5.56 Å². The first-order valence-corrected chi connectivity index (χ1v) is 10.0. The van der Waals surface area contributed by atoms with E-state index in [1.165, 1.54) is 0 Å². The maximum absolute atomic E-state index is 13.3. The third kappa shape index (κ3) is 4.35. The van der Waals surface area contributed by atoms with Gasteiger partial charge in [-0.3, -0.25) is 9.69 Å². The van der Waals surface area contributed by atoms with Gasteiger partial charge < -0.3 is 15.2 Å². The minimum atomic E-state index is -0.778. The van der Waals surface area contributed by atoms with Gasteiger partial charge in [0.25, 0.3) is 5.91 Å². The molecule has 0 saturated heterocycles. The monoisotopic (exact) mass is 417 g/mol. The molecule has 7 heteroatoms. The molecule has 2 aromatic carbocycles. The highest BCUT2D eigenvalue weighted by Gasteiger charge is 2.36. The molecule has 1 unspecified atom stereocenters. The van der Waals surface area contributed by atoms with Crippen LogP contribution in [0.2, 0.25) is 0 Å². The van der Waals surface area contributed by atoms with Gasteiger partial charge in [-0.15, -0.1) is 0 Å². The van der Waals surface area contributed by atoms with Gasteiger partial charge >= 0.3 is 5.97 Å². The number of nitrogen functional groups attached to an aromatic ring is 1. The van der Waals surface area contributed by atoms with Crippen molar-refractivity contribution in [3.63, 3.8) is 0 Å². The van der Waals surface area contributed by atoms with E-state index < -0.39 is 6.10 Å². The van der Waals surface area contributed by atoms with Gasteiger partial charge in [0.2, 0.25) is 6.10 Å². The van der Waals surface area contributed by atoms with Crippen molar-refractivity contribution in [3.8, 4) is 5.75 Å². The predicted molar refractivity (Wildman–Crippen MR) is 117 cm³/mol. The molecule has 1 amide bonds. The summed E-state index contributed by atoms with van der Waals surface area (Å²) in [7, 11) is 0. The highest BCUT2D eigenvalue weighted by atomic mass is 16.5. The van der Waals surface area contributed by atoms with Gasteiger partial charge in [-0.1, -0.05) is 42.5 Å². The number of rotatable bonds is 5. The first-order valence-electron chi connectivity index (χ1n) is 10.0. The van der Waals surface area contributed by atoms with Crippen molar-refractivity contribution < 1.29 is 19.1 Å². The van der Waals surface area contributed by atoms with E-state index in [2.05, 4.69) is 4.98 Å². The van der Waals surface area contributed by atoms with Gasteiger partial charge in [0.15, 0.2) is 11.6 Å². The third-order valence-electron chi connectivity index (χ3n) is 4.83. The number of amides is 1. The van der Waals surface area contributed by atoms with Crippen molar-refractivity contribution in [1.82, 2.24) is 4.98 Å². The van der Waals surface area contributed by atoms with E-state index in [-0.39, 0.29) is 24.5 Å². The fourth-order valence-electron chi connectivity index (χ4n) is 3.36. The number of aromatic nitrogens is 1. The van der Waals surface area contributed by atoms with Crippen molar-refractivity contribution in [3.05, 3.63) is 83.4 Å². The van der Waals surface area contributed by atoms with E-state index in [1.54, 1.807) is 55.1 Å². The molecule has 3 aromatic rings. The Balaban J connectivity index is 1.63. The number of hydrogen-bond donors (Lipinski definition) is 1. The Kier molecular flexibility index (Phi) is 5.58. The van der Waals surface area contributed by atoms with Crippen LogP contribution in [0.5, 0.6) is 5.75 Å². The first kappa shape index (κ1) is 20.4. The Morgan fingerprint density at radius 3 is 2.48 bits per heavy atom. The highest BCUT2D eigenvalue weighted by molar-refractivity contribution is 5.99. The Labute approximate surface area is 180 Å². The SMILES string of the molecule is CC(C)OC(=O)c1ccc(CN2C(=O)C(c3ccccc3)Oc3ccc(N)nc32)cc1. The van der Waals surface area contributed by atoms with Crippen LogP contribution in [-0.4, -0.2) is 23.0 Å². The summed E-state index contributed by atoms with van der Waals surface area (Å²) in [6.45, 7) is 3.86. The number of ether oxygens (including phenoxy) is 2. The number of nitrogens with zero attached hydrogens (tertiary/aromatic N) is 2. The second-order valence-corrected chi connectivity index (χ2v) is 7.54.